The molecule has 1 unspecified atom stereocenters. The lowest BCUT2D eigenvalue weighted by molar-refractivity contribution is -0.128. The third-order valence-electron chi connectivity index (χ3n) is 3.75. The highest BCUT2D eigenvalue weighted by atomic mass is 32.2. The van der Waals surface area contributed by atoms with Crippen LogP contribution in [-0.4, -0.2) is 34.5 Å². The molecular formula is C11H19N3O2S. The molecule has 1 saturated carbocycles. The van der Waals surface area contributed by atoms with Crippen LogP contribution in [0.5, 0.6) is 0 Å². The number of rotatable bonds is 3. The first kappa shape index (κ1) is 12.5. The molecule has 1 aliphatic carbocycles. The fourth-order valence-corrected chi connectivity index (χ4v) is 3.80. The van der Waals surface area contributed by atoms with Crippen molar-refractivity contribution < 1.29 is 10.0 Å². The number of hydrogen-bond donors (Lipinski definition) is 3. The van der Waals surface area contributed by atoms with E-state index in [4.69, 9.17) is 10.9 Å². The summed E-state index contributed by atoms with van der Waals surface area (Å²) >= 11 is 1.85. The van der Waals surface area contributed by atoms with Gasteiger partial charge in [-0.3, -0.25) is 4.79 Å². The Morgan fingerprint density at radius 3 is 2.71 bits per heavy atom. The summed E-state index contributed by atoms with van der Waals surface area (Å²) in [6.45, 7) is 0. The van der Waals surface area contributed by atoms with Gasteiger partial charge in [0, 0.05) is 11.8 Å². The molecule has 1 aliphatic heterocycles. The van der Waals surface area contributed by atoms with Gasteiger partial charge in [0.25, 0.3) is 0 Å². The number of carbonyl (C=O) groups excluding carboxylic acids is 1. The molecule has 0 aromatic rings. The molecule has 1 atom stereocenters. The van der Waals surface area contributed by atoms with Crippen LogP contribution in [0.25, 0.3) is 0 Å². The lowest BCUT2D eigenvalue weighted by atomic mass is 9.83. The van der Waals surface area contributed by atoms with Crippen LogP contribution in [-0.2, 0) is 4.79 Å². The van der Waals surface area contributed by atoms with E-state index in [9.17, 15) is 4.79 Å². The van der Waals surface area contributed by atoms with Crippen LogP contribution in [0.4, 0.5) is 0 Å². The fourth-order valence-electron chi connectivity index (χ4n) is 2.65. The molecule has 1 amide bonds. The van der Waals surface area contributed by atoms with Crippen molar-refractivity contribution in [3.8, 4) is 0 Å². The van der Waals surface area contributed by atoms with Gasteiger partial charge in [-0.1, -0.05) is 18.0 Å². The van der Waals surface area contributed by atoms with Crippen LogP contribution < -0.4 is 11.1 Å². The molecule has 0 radical (unpaired) electrons. The van der Waals surface area contributed by atoms with Crippen molar-refractivity contribution in [1.82, 2.24) is 5.32 Å². The highest BCUT2D eigenvalue weighted by Crippen LogP contribution is 2.39. The van der Waals surface area contributed by atoms with Crippen LogP contribution in [0, 0.1) is 5.41 Å². The van der Waals surface area contributed by atoms with Gasteiger partial charge >= 0.3 is 0 Å². The van der Waals surface area contributed by atoms with Gasteiger partial charge in [-0.2, -0.15) is 11.8 Å². The summed E-state index contributed by atoms with van der Waals surface area (Å²) in [6.07, 6.45) is 4.32. The molecular weight excluding hydrogens is 238 g/mol. The first-order valence-electron chi connectivity index (χ1n) is 6.06. The maximum atomic E-state index is 12.3. The van der Waals surface area contributed by atoms with Gasteiger partial charge in [-0.05, 0) is 25.0 Å². The van der Waals surface area contributed by atoms with Crippen LogP contribution in [0.2, 0.25) is 0 Å². The van der Waals surface area contributed by atoms with E-state index in [-0.39, 0.29) is 17.8 Å². The van der Waals surface area contributed by atoms with E-state index >= 15 is 0 Å². The van der Waals surface area contributed by atoms with Crippen molar-refractivity contribution in [2.45, 2.75) is 38.1 Å². The minimum atomic E-state index is -0.762. The molecule has 6 heteroatoms. The number of nitrogens with two attached hydrogens (primary N) is 1. The summed E-state index contributed by atoms with van der Waals surface area (Å²) in [4.78, 5) is 12.3. The lowest BCUT2D eigenvalue weighted by Gasteiger charge is -2.27. The van der Waals surface area contributed by atoms with Crippen molar-refractivity contribution >= 4 is 23.5 Å². The van der Waals surface area contributed by atoms with E-state index in [1.807, 2.05) is 11.8 Å². The van der Waals surface area contributed by atoms with E-state index in [0.29, 0.717) is 12.8 Å². The SMILES string of the molecule is NC(=NO)C1(C(=O)NC2CCSC2)CCCC1. The Hall–Kier alpha value is -0.910. The summed E-state index contributed by atoms with van der Waals surface area (Å²) in [6, 6.07) is 0.247. The molecule has 96 valence electrons. The molecule has 1 saturated heterocycles. The molecule has 2 aliphatic rings. The normalized spacial score (nSPS) is 28.2. The molecule has 2 rings (SSSR count). The molecule has 4 N–H and O–H groups in total. The number of carbonyl (C=O) groups is 1. The topological polar surface area (TPSA) is 87.7 Å². The Morgan fingerprint density at radius 2 is 2.18 bits per heavy atom. The monoisotopic (exact) mass is 257 g/mol. The smallest absolute Gasteiger partial charge is 0.234 e. The zero-order valence-electron chi connectivity index (χ0n) is 9.82. The van der Waals surface area contributed by atoms with Crippen LogP contribution in [0.15, 0.2) is 5.16 Å². The number of hydrogen-bond acceptors (Lipinski definition) is 4. The second-order valence-electron chi connectivity index (χ2n) is 4.81. The van der Waals surface area contributed by atoms with Gasteiger partial charge in [0.1, 0.15) is 5.41 Å². The van der Waals surface area contributed by atoms with Crippen LogP contribution in [0.3, 0.4) is 0 Å². The van der Waals surface area contributed by atoms with Gasteiger partial charge in [0.05, 0.1) is 0 Å². The molecule has 0 aromatic carbocycles. The third-order valence-corrected chi connectivity index (χ3v) is 4.92. The number of oxime groups is 1. The summed E-state index contributed by atoms with van der Waals surface area (Å²) < 4.78 is 0. The number of nitrogens with one attached hydrogen (secondary N) is 1. The fraction of sp³-hybridized carbons (Fsp3) is 0.818. The molecule has 0 spiro atoms. The molecule has 1 heterocycles. The van der Waals surface area contributed by atoms with Gasteiger partial charge in [-0.15, -0.1) is 0 Å². The van der Waals surface area contributed by atoms with E-state index in [1.165, 1.54) is 0 Å². The zero-order valence-corrected chi connectivity index (χ0v) is 10.6. The van der Waals surface area contributed by atoms with Crippen molar-refractivity contribution in [2.75, 3.05) is 11.5 Å². The summed E-state index contributed by atoms with van der Waals surface area (Å²) in [5, 5.41) is 15.0. The van der Waals surface area contributed by atoms with E-state index < -0.39 is 5.41 Å². The number of thioether (sulfide) groups is 1. The second-order valence-corrected chi connectivity index (χ2v) is 5.96. The summed E-state index contributed by atoms with van der Waals surface area (Å²) in [7, 11) is 0. The van der Waals surface area contributed by atoms with Gasteiger partial charge in [-0.25, -0.2) is 0 Å². The molecule has 0 aromatic heterocycles. The average Bonchev–Trinajstić information content (AvgIpc) is 2.98. The van der Waals surface area contributed by atoms with Crippen LogP contribution >= 0.6 is 11.8 Å². The van der Waals surface area contributed by atoms with E-state index in [2.05, 4.69) is 10.5 Å². The van der Waals surface area contributed by atoms with Crippen LogP contribution in [0.1, 0.15) is 32.1 Å². The number of nitrogens with zero attached hydrogens (tertiary/aromatic N) is 1. The Balaban J connectivity index is 2.07. The molecule has 5 nitrogen and oxygen atoms in total. The predicted octanol–water partition coefficient (Wildman–Crippen LogP) is 0.915. The highest BCUT2D eigenvalue weighted by molar-refractivity contribution is 7.99. The van der Waals surface area contributed by atoms with Crippen molar-refractivity contribution in [1.29, 1.82) is 0 Å². The van der Waals surface area contributed by atoms with E-state index in [1.54, 1.807) is 0 Å². The maximum Gasteiger partial charge on any atom is 0.234 e. The van der Waals surface area contributed by atoms with Gasteiger partial charge < -0.3 is 16.3 Å². The standard InChI is InChI=1S/C11H19N3O2S/c12-9(14-16)11(4-1-2-5-11)10(15)13-8-3-6-17-7-8/h8,16H,1-7H2,(H2,12,14)(H,13,15). The molecule has 17 heavy (non-hydrogen) atoms. The van der Waals surface area contributed by atoms with Gasteiger partial charge in [0.15, 0.2) is 5.84 Å². The third kappa shape index (κ3) is 2.36. The molecule has 0 bridgehead atoms. The highest BCUT2D eigenvalue weighted by Gasteiger charge is 2.46. The Kier molecular flexibility index (Phi) is 3.81. The van der Waals surface area contributed by atoms with Crippen molar-refractivity contribution in [3.63, 3.8) is 0 Å². The van der Waals surface area contributed by atoms with Crippen molar-refractivity contribution in [3.05, 3.63) is 0 Å². The second kappa shape index (κ2) is 5.16. The zero-order chi connectivity index (χ0) is 12.3. The van der Waals surface area contributed by atoms with Crippen molar-refractivity contribution in [2.24, 2.45) is 16.3 Å². The predicted molar refractivity (Wildman–Crippen MR) is 68.2 cm³/mol. The first-order valence-corrected chi connectivity index (χ1v) is 7.21. The quantitative estimate of drug-likeness (QED) is 0.303. The lowest BCUT2D eigenvalue weighted by Crippen LogP contribution is -2.51. The molecule has 2 fully saturated rings. The first-order chi connectivity index (χ1) is 8.19. The Labute approximate surface area is 105 Å². The minimum absolute atomic E-state index is 0.0576. The maximum absolute atomic E-state index is 12.3. The largest absolute Gasteiger partial charge is 0.409 e. The Morgan fingerprint density at radius 1 is 1.47 bits per heavy atom. The summed E-state index contributed by atoms with van der Waals surface area (Å²) in [5.41, 5.74) is 4.96. The Bertz CT molecular complexity index is 321. The van der Waals surface area contributed by atoms with Gasteiger partial charge in [0.2, 0.25) is 5.91 Å². The minimum Gasteiger partial charge on any atom is -0.409 e. The average molecular weight is 257 g/mol. The summed E-state index contributed by atoms with van der Waals surface area (Å²) in [5.74, 6) is 2.08. The van der Waals surface area contributed by atoms with E-state index in [0.717, 1.165) is 30.8 Å². The number of amidine groups is 1. The number of amides is 1.